The fourth-order valence-corrected chi connectivity index (χ4v) is 1.24. The molecule has 4 nitrogen and oxygen atoms in total. The van der Waals surface area contributed by atoms with Crippen LogP contribution < -0.4 is 10.6 Å². The molecule has 0 radical (unpaired) electrons. The Bertz CT molecular complexity index is 180. The fourth-order valence-electron chi connectivity index (χ4n) is 1.24. The summed E-state index contributed by atoms with van der Waals surface area (Å²) in [6, 6.07) is -0.00963. The minimum atomic E-state index is -0.946. The van der Waals surface area contributed by atoms with Crippen molar-refractivity contribution in [3.8, 4) is 0 Å². The lowest BCUT2D eigenvalue weighted by molar-refractivity contribution is 0.191. The summed E-state index contributed by atoms with van der Waals surface area (Å²) in [5.74, 6) is 0. The first kappa shape index (κ1) is 9.06. The van der Waals surface area contributed by atoms with Gasteiger partial charge in [-0.1, -0.05) is 12.2 Å². The second-order valence-electron chi connectivity index (χ2n) is 2.83. The van der Waals surface area contributed by atoms with Crippen LogP contribution in [0.5, 0.6) is 0 Å². The molecule has 1 unspecified atom stereocenters. The predicted octanol–water partition coefficient (Wildman–Crippen LogP) is 0.562. The van der Waals surface area contributed by atoms with Crippen molar-refractivity contribution in [2.24, 2.45) is 0 Å². The van der Waals surface area contributed by atoms with Crippen LogP contribution in [0.4, 0.5) is 4.79 Å². The van der Waals surface area contributed by atoms with E-state index in [1.54, 1.807) is 0 Å². The molecule has 1 atom stereocenters. The molecule has 1 rings (SSSR count). The molecule has 0 saturated carbocycles. The molecule has 0 saturated heterocycles. The Kier molecular flexibility index (Phi) is 3.60. The topological polar surface area (TPSA) is 61.4 Å². The number of hydrogen-bond donors (Lipinski definition) is 3. The van der Waals surface area contributed by atoms with Gasteiger partial charge >= 0.3 is 6.09 Å². The Morgan fingerprint density at radius 2 is 2.50 bits per heavy atom. The largest absolute Gasteiger partial charge is 0.465 e. The van der Waals surface area contributed by atoms with Crippen LogP contribution in [0.25, 0.3) is 0 Å². The molecule has 1 aliphatic heterocycles. The highest BCUT2D eigenvalue weighted by atomic mass is 16.4. The third kappa shape index (κ3) is 3.39. The number of rotatable bonds is 1. The number of carboxylic acid groups (broad SMARTS) is 1. The van der Waals surface area contributed by atoms with E-state index in [1.165, 1.54) is 0 Å². The second kappa shape index (κ2) is 4.77. The van der Waals surface area contributed by atoms with Crippen molar-refractivity contribution in [3.63, 3.8) is 0 Å². The van der Waals surface area contributed by atoms with E-state index in [9.17, 15) is 4.79 Å². The predicted molar refractivity (Wildman–Crippen MR) is 46.2 cm³/mol. The highest BCUT2D eigenvalue weighted by Gasteiger charge is 2.07. The average Bonchev–Trinajstić information content (AvgIpc) is 1.93. The van der Waals surface area contributed by atoms with Gasteiger partial charge in [0.05, 0.1) is 6.04 Å². The van der Waals surface area contributed by atoms with Gasteiger partial charge in [-0.05, 0) is 19.4 Å². The highest BCUT2D eigenvalue weighted by molar-refractivity contribution is 5.65. The maximum Gasteiger partial charge on any atom is 0.405 e. The number of hydrogen-bond acceptors (Lipinski definition) is 2. The van der Waals surface area contributed by atoms with Gasteiger partial charge in [-0.15, -0.1) is 0 Å². The zero-order valence-corrected chi connectivity index (χ0v) is 6.92. The van der Waals surface area contributed by atoms with Crippen molar-refractivity contribution < 1.29 is 9.90 Å². The van der Waals surface area contributed by atoms with E-state index in [1.807, 2.05) is 12.2 Å². The molecule has 3 N–H and O–H groups in total. The third-order valence-electron chi connectivity index (χ3n) is 1.81. The van der Waals surface area contributed by atoms with Crippen LogP contribution in [-0.2, 0) is 0 Å². The first-order valence-electron chi connectivity index (χ1n) is 4.16. The van der Waals surface area contributed by atoms with Crippen molar-refractivity contribution in [2.45, 2.75) is 18.9 Å². The second-order valence-corrected chi connectivity index (χ2v) is 2.83. The minimum Gasteiger partial charge on any atom is -0.465 e. The van der Waals surface area contributed by atoms with Crippen molar-refractivity contribution in [1.82, 2.24) is 10.6 Å². The van der Waals surface area contributed by atoms with Crippen molar-refractivity contribution in [3.05, 3.63) is 12.2 Å². The fraction of sp³-hybridized carbons (Fsp3) is 0.625. The van der Waals surface area contributed by atoms with Crippen molar-refractivity contribution in [1.29, 1.82) is 0 Å². The summed E-state index contributed by atoms with van der Waals surface area (Å²) >= 11 is 0. The summed E-state index contributed by atoms with van der Waals surface area (Å²) in [5.41, 5.74) is 0. The molecule has 0 aromatic carbocycles. The number of carbonyl (C=O) groups is 1. The van der Waals surface area contributed by atoms with Gasteiger partial charge in [-0.25, -0.2) is 4.79 Å². The van der Waals surface area contributed by atoms with Crippen LogP contribution >= 0.6 is 0 Å². The number of nitrogens with one attached hydrogen (secondary N) is 2. The van der Waals surface area contributed by atoms with Crippen LogP contribution in [0, 0.1) is 0 Å². The molecule has 1 aliphatic rings. The Hall–Kier alpha value is -1.03. The van der Waals surface area contributed by atoms with Gasteiger partial charge in [-0.3, -0.25) is 0 Å². The van der Waals surface area contributed by atoms with E-state index in [4.69, 9.17) is 5.11 Å². The third-order valence-corrected chi connectivity index (χ3v) is 1.81. The Morgan fingerprint density at radius 1 is 1.67 bits per heavy atom. The summed E-state index contributed by atoms with van der Waals surface area (Å²) < 4.78 is 0. The van der Waals surface area contributed by atoms with Crippen LogP contribution in [0.3, 0.4) is 0 Å². The monoisotopic (exact) mass is 170 g/mol. The maximum absolute atomic E-state index is 10.3. The van der Waals surface area contributed by atoms with Gasteiger partial charge in [0, 0.05) is 6.54 Å². The van der Waals surface area contributed by atoms with Gasteiger partial charge in [0.25, 0.3) is 0 Å². The number of amides is 1. The molecular weight excluding hydrogens is 156 g/mol. The van der Waals surface area contributed by atoms with E-state index in [0.29, 0.717) is 0 Å². The molecule has 1 heterocycles. The Labute approximate surface area is 71.7 Å². The molecule has 0 spiro atoms. The van der Waals surface area contributed by atoms with Gasteiger partial charge in [0.1, 0.15) is 0 Å². The molecule has 0 fully saturated rings. The van der Waals surface area contributed by atoms with Crippen molar-refractivity contribution >= 4 is 6.09 Å². The Morgan fingerprint density at radius 3 is 3.25 bits per heavy atom. The molecule has 0 bridgehead atoms. The molecule has 1 amide bonds. The van der Waals surface area contributed by atoms with E-state index in [0.717, 1.165) is 25.9 Å². The SMILES string of the molecule is O=C(O)NC1/C=C/CNCCC1. The molecule has 12 heavy (non-hydrogen) atoms. The average molecular weight is 170 g/mol. The van der Waals surface area contributed by atoms with E-state index in [-0.39, 0.29) is 6.04 Å². The van der Waals surface area contributed by atoms with E-state index >= 15 is 0 Å². The first-order chi connectivity index (χ1) is 5.79. The lowest BCUT2D eigenvalue weighted by Crippen LogP contribution is -2.34. The normalized spacial score (nSPS) is 26.8. The summed E-state index contributed by atoms with van der Waals surface area (Å²) in [6.07, 6.45) is 4.80. The highest BCUT2D eigenvalue weighted by Crippen LogP contribution is 2.00. The van der Waals surface area contributed by atoms with Crippen LogP contribution in [0.1, 0.15) is 12.8 Å². The molecule has 0 aliphatic carbocycles. The van der Waals surface area contributed by atoms with E-state index < -0.39 is 6.09 Å². The molecule has 4 heteroatoms. The summed E-state index contributed by atoms with van der Waals surface area (Å²) in [6.45, 7) is 1.79. The van der Waals surface area contributed by atoms with Crippen LogP contribution in [0.15, 0.2) is 12.2 Å². The molecular formula is C8H14N2O2. The van der Waals surface area contributed by atoms with Gasteiger partial charge in [0.2, 0.25) is 0 Å². The lowest BCUT2D eigenvalue weighted by Gasteiger charge is -2.15. The molecule has 0 aromatic rings. The zero-order valence-electron chi connectivity index (χ0n) is 6.92. The molecule has 68 valence electrons. The van der Waals surface area contributed by atoms with E-state index in [2.05, 4.69) is 10.6 Å². The standard InChI is InChI=1S/C8H14N2O2/c11-8(12)10-7-3-1-5-9-6-2-4-7/h1,3,7,9-10H,2,4-6H2,(H,11,12)/b3-1+. The maximum atomic E-state index is 10.3. The quantitative estimate of drug-likeness (QED) is 0.504. The minimum absolute atomic E-state index is 0.00963. The zero-order chi connectivity index (χ0) is 8.81. The summed E-state index contributed by atoms with van der Waals surface area (Å²) in [4.78, 5) is 10.3. The van der Waals surface area contributed by atoms with Crippen molar-refractivity contribution in [2.75, 3.05) is 13.1 Å². The Balaban J connectivity index is 2.38. The summed E-state index contributed by atoms with van der Waals surface area (Å²) in [5, 5.41) is 14.1. The summed E-state index contributed by atoms with van der Waals surface area (Å²) in [7, 11) is 0. The van der Waals surface area contributed by atoms with Gasteiger partial charge < -0.3 is 15.7 Å². The van der Waals surface area contributed by atoms with Crippen LogP contribution in [0.2, 0.25) is 0 Å². The lowest BCUT2D eigenvalue weighted by atomic mass is 10.1. The molecule has 0 aromatic heterocycles. The van der Waals surface area contributed by atoms with Gasteiger partial charge in [-0.2, -0.15) is 0 Å². The first-order valence-corrected chi connectivity index (χ1v) is 4.16. The van der Waals surface area contributed by atoms with Crippen LogP contribution in [-0.4, -0.2) is 30.3 Å². The smallest absolute Gasteiger partial charge is 0.405 e. The van der Waals surface area contributed by atoms with Gasteiger partial charge in [0.15, 0.2) is 0 Å².